The van der Waals surface area contributed by atoms with Crippen LogP contribution in [0.1, 0.15) is 6.92 Å². The molecule has 0 atom stereocenters. The van der Waals surface area contributed by atoms with Crippen LogP contribution in [0.5, 0.6) is 0 Å². The van der Waals surface area contributed by atoms with Gasteiger partial charge in [-0.25, -0.2) is 4.79 Å². The Morgan fingerprint density at radius 3 is 2.29 bits per heavy atom. The van der Waals surface area contributed by atoms with Crippen LogP contribution in [0.3, 0.4) is 0 Å². The summed E-state index contributed by atoms with van der Waals surface area (Å²) in [4.78, 5) is 9.74. The molecule has 0 bridgehead atoms. The molecule has 3 heteroatoms. The molecule has 2 N–H and O–H groups in total. The molecule has 0 aliphatic heterocycles. The number of hydrogen-bond donors (Lipinski definition) is 1. The van der Waals surface area contributed by atoms with Gasteiger partial charge in [-0.2, -0.15) is 0 Å². The van der Waals surface area contributed by atoms with Gasteiger partial charge in [0.05, 0.1) is 5.57 Å². The fraction of sp³-hybridized carbons (Fsp3) is 0.250. The van der Waals surface area contributed by atoms with Gasteiger partial charge in [0.15, 0.2) is 0 Å². The lowest BCUT2D eigenvalue weighted by Gasteiger charge is -1.83. The lowest BCUT2D eigenvalue weighted by molar-refractivity contribution is -0.132. The Kier molecular flexibility index (Phi) is 1.91. The molecule has 3 nitrogen and oxygen atoms in total. The van der Waals surface area contributed by atoms with Gasteiger partial charge in [0.2, 0.25) is 0 Å². The molecule has 0 heterocycles. The van der Waals surface area contributed by atoms with E-state index in [2.05, 4.69) is 0 Å². The van der Waals surface area contributed by atoms with Crippen molar-refractivity contribution in [2.45, 2.75) is 6.92 Å². The van der Waals surface area contributed by atoms with Crippen LogP contribution in [0.2, 0.25) is 0 Å². The Labute approximate surface area is 41.4 Å². The number of carboxylic acid groups (broad SMARTS) is 1. The third-order valence-corrected chi connectivity index (χ3v) is 0.554. The Morgan fingerprint density at radius 1 is 1.86 bits per heavy atom. The van der Waals surface area contributed by atoms with Crippen LogP contribution in [-0.4, -0.2) is 11.1 Å². The van der Waals surface area contributed by atoms with Gasteiger partial charge >= 0.3 is 5.97 Å². The molecule has 0 aromatic heterocycles. The standard InChI is InChI=1S/C4H6NO2/c1-3(2-5)4(6)7/h2,5H,1H3,(H,6,7). The molecule has 0 spiro atoms. The number of rotatable bonds is 1. The van der Waals surface area contributed by atoms with Crippen molar-refractivity contribution >= 4 is 5.97 Å². The monoisotopic (exact) mass is 100 g/mol. The SMILES string of the molecule is CC(=C[NH])C(=O)O. The summed E-state index contributed by atoms with van der Waals surface area (Å²) in [6.07, 6.45) is 0.808. The highest BCUT2D eigenvalue weighted by Gasteiger charge is 1.94. The van der Waals surface area contributed by atoms with Crippen molar-refractivity contribution in [1.29, 1.82) is 0 Å². The lowest BCUT2D eigenvalue weighted by Crippen LogP contribution is -1.95. The minimum Gasteiger partial charge on any atom is -0.478 e. The minimum atomic E-state index is -1.03. The van der Waals surface area contributed by atoms with Crippen LogP contribution in [0, 0.1) is 0 Å². The second-order valence-corrected chi connectivity index (χ2v) is 1.13. The average molecular weight is 100 g/mol. The van der Waals surface area contributed by atoms with Crippen LogP contribution in [0.25, 0.3) is 0 Å². The largest absolute Gasteiger partial charge is 0.478 e. The predicted molar refractivity (Wildman–Crippen MR) is 24.5 cm³/mol. The van der Waals surface area contributed by atoms with Crippen molar-refractivity contribution in [3.05, 3.63) is 11.8 Å². The van der Waals surface area contributed by atoms with E-state index in [0.29, 0.717) is 0 Å². The first-order chi connectivity index (χ1) is 3.18. The van der Waals surface area contributed by atoms with Crippen molar-refractivity contribution in [3.63, 3.8) is 0 Å². The zero-order valence-corrected chi connectivity index (χ0v) is 3.93. The molecule has 0 aromatic rings. The first-order valence-electron chi connectivity index (χ1n) is 1.76. The molecule has 0 amide bonds. The minimum absolute atomic E-state index is 0.0556. The van der Waals surface area contributed by atoms with Crippen LogP contribution in [0.4, 0.5) is 0 Å². The molecular weight excluding hydrogens is 94.0 g/mol. The molecular formula is C4H6NO2. The van der Waals surface area contributed by atoms with Crippen molar-refractivity contribution in [1.82, 2.24) is 5.73 Å². The molecule has 0 saturated carbocycles. The molecule has 7 heavy (non-hydrogen) atoms. The van der Waals surface area contributed by atoms with Crippen molar-refractivity contribution in [2.24, 2.45) is 0 Å². The normalized spacial score (nSPS) is 11.3. The fourth-order valence-electron chi connectivity index (χ4n) is 0.0617. The third-order valence-electron chi connectivity index (χ3n) is 0.554. The summed E-state index contributed by atoms with van der Waals surface area (Å²) in [5, 5.41) is 7.99. The Hall–Kier alpha value is -0.990. The van der Waals surface area contributed by atoms with E-state index >= 15 is 0 Å². The van der Waals surface area contributed by atoms with Crippen molar-refractivity contribution < 1.29 is 9.90 Å². The van der Waals surface area contributed by atoms with Gasteiger partial charge in [0.25, 0.3) is 0 Å². The summed E-state index contributed by atoms with van der Waals surface area (Å²) in [6.45, 7) is 1.37. The van der Waals surface area contributed by atoms with E-state index in [1.54, 1.807) is 0 Å². The van der Waals surface area contributed by atoms with Gasteiger partial charge in [0, 0.05) is 6.20 Å². The van der Waals surface area contributed by atoms with E-state index in [9.17, 15) is 4.79 Å². The molecule has 0 rings (SSSR count). The first kappa shape index (κ1) is 6.01. The van der Waals surface area contributed by atoms with Gasteiger partial charge in [0.1, 0.15) is 0 Å². The number of carboxylic acids is 1. The molecule has 39 valence electrons. The molecule has 0 saturated heterocycles. The van der Waals surface area contributed by atoms with Gasteiger partial charge < -0.3 is 10.8 Å². The van der Waals surface area contributed by atoms with E-state index in [-0.39, 0.29) is 5.57 Å². The zero-order chi connectivity index (χ0) is 5.86. The molecule has 0 unspecified atom stereocenters. The second kappa shape index (κ2) is 2.23. The van der Waals surface area contributed by atoms with Gasteiger partial charge in [-0.3, -0.25) is 0 Å². The third kappa shape index (κ3) is 1.81. The molecule has 0 aromatic carbocycles. The smallest absolute Gasteiger partial charge is 0.332 e. The summed E-state index contributed by atoms with van der Waals surface area (Å²) in [5.41, 5.74) is 6.45. The summed E-state index contributed by atoms with van der Waals surface area (Å²) in [7, 11) is 0. The van der Waals surface area contributed by atoms with E-state index in [4.69, 9.17) is 10.8 Å². The van der Waals surface area contributed by atoms with Gasteiger partial charge in [-0.1, -0.05) is 0 Å². The highest BCUT2D eigenvalue weighted by Crippen LogP contribution is 1.85. The predicted octanol–water partition coefficient (Wildman–Crippen LogP) is 0.258. The Bertz CT molecular complexity index is 106. The quantitative estimate of drug-likeness (QED) is 0.480. The molecule has 0 aliphatic carbocycles. The summed E-state index contributed by atoms with van der Waals surface area (Å²) in [6, 6.07) is 0. The van der Waals surface area contributed by atoms with E-state index in [1.807, 2.05) is 0 Å². The van der Waals surface area contributed by atoms with Gasteiger partial charge in [-0.05, 0) is 6.92 Å². The Morgan fingerprint density at radius 2 is 2.29 bits per heavy atom. The lowest BCUT2D eigenvalue weighted by atomic mass is 10.3. The Balaban J connectivity index is 3.82. The highest BCUT2D eigenvalue weighted by molar-refractivity contribution is 5.85. The van der Waals surface area contributed by atoms with Gasteiger partial charge in [-0.15, -0.1) is 0 Å². The number of nitrogens with one attached hydrogen (secondary N) is 1. The van der Waals surface area contributed by atoms with Crippen LogP contribution < -0.4 is 5.73 Å². The molecule has 0 fully saturated rings. The molecule has 1 radical (unpaired) electrons. The van der Waals surface area contributed by atoms with E-state index < -0.39 is 5.97 Å². The average Bonchev–Trinajstić information content (AvgIpc) is 1.65. The van der Waals surface area contributed by atoms with E-state index in [1.165, 1.54) is 6.92 Å². The van der Waals surface area contributed by atoms with Crippen LogP contribution in [-0.2, 0) is 4.79 Å². The molecule has 0 aliphatic rings. The number of aliphatic carboxylic acids is 1. The second-order valence-electron chi connectivity index (χ2n) is 1.13. The van der Waals surface area contributed by atoms with E-state index in [0.717, 1.165) is 6.20 Å². The van der Waals surface area contributed by atoms with Crippen LogP contribution >= 0.6 is 0 Å². The zero-order valence-electron chi connectivity index (χ0n) is 3.93. The maximum atomic E-state index is 9.74. The summed E-state index contributed by atoms with van der Waals surface area (Å²) < 4.78 is 0. The summed E-state index contributed by atoms with van der Waals surface area (Å²) in [5.74, 6) is -1.03. The van der Waals surface area contributed by atoms with Crippen molar-refractivity contribution in [2.75, 3.05) is 0 Å². The summed E-state index contributed by atoms with van der Waals surface area (Å²) >= 11 is 0. The van der Waals surface area contributed by atoms with Crippen LogP contribution in [0.15, 0.2) is 11.8 Å². The first-order valence-corrected chi connectivity index (χ1v) is 1.76. The van der Waals surface area contributed by atoms with Crippen molar-refractivity contribution in [3.8, 4) is 0 Å². The highest BCUT2D eigenvalue weighted by atomic mass is 16.4. The number of hydrogen-bond acceptors (Lipinski definition) is 1. The fourth-order valence-corrected chi connectivity index (χ4v) is 0.0617. The maximum Gasteiger partial charge on any atom is 0.332 e. The number of carbonyl (C=O) groups is 1. The topological polar surface area (TPSA) is 61.1 Å². The maximum absolute atomic E-state index is 9.74.